The average molecular weight is 272 g/mol. The molecule has 0 unspecified atom stereocenters. The second-order valence-corrected chi connectivity index (χ2v) is 5.51. The molecular formula is C15H16N2O3. The summed E-state index contributed by atoms with van der Waals surface area (Å²) in [6, 6.07) is 7.50. The van der Waals surface area contributed by atoms with Gasteiger partial charge < -0.3 is 4.74 Å². The zero-order valence-electron chi connectivity index (χ0n) is 11.5. The third-order valence-corrected chi connectivity index (χ3v) is 3.64. The number of benzene rings is 1. The van der Waals surface area contributed by atoms with Crippen molar-refractivity contribution in [3.63, 3.8) is 0 Å². The summed E-state index contributed by atoms with van der Waals surface area (Å²) in [6.07, 6.45) is 0.591. The van der Waals surface area contributed by atoms with E-state index < -0.39 is 5.60 Å². The lowest BCUT2D eigenvalue weighted by Gasteiger charge is -2.33. The summed E-state index contributed by atoms with van der Waals surface area (Å²) in [5.41, 5.74) is 0.804. The van der Waals surface area contributed by atoms with Gasteiger partial charge in [-0.2, -0.15) is 0 Å². The number of carbonyl (C=O) groups excluding carboxylic acids is 2. The predicted molar refractivity (Wildman–Crippen MR) is 74.2 cm³/mol. The van der Waals surface area contributed by atoms with Crippen LogP contribution in [-0.2, 0) is 9.59 Å². The SMILES string of the molecule is CC1(C)Oc2ccccc2N=C1CN1C(=O)CCC1=O. The van der Waals surface area contributed by atoms with Crippen molar-refractivity contribution in [1.29, 1.82) is 0 Å². The Hall–Kier alpha value is -2.17. The maximum absolute atomic E-state index is 11.7. The second-order valence-electron chi connectivity index (χ2n) is 5.51. The lowest BCUT2D eigenvalue weighted by Crippen LogP contribution is -2.47. The normalized spacial score (nSPS) is 20.5. The number of imide groups is 1. The number of nitrogens with zero attached hydrogens (tertiary/aromatic N) is 2. The van der Waals surface area contributed by atoms with Crippen molar-refractivity contribution in [2.24, 2.45) is 4.99 Å². The Morgan fingerprint density at radius 3 is 2.55 bits per heavy atom. The highest BCUT2D eigenvalue weighted by molar-refractivity contribution is 6.07. The van der Waals surface area contributed by atoms with Crippen LogP contribution >= 0.6 is 0 Å². The number of ether oxygens (including phenoxy) is 1. The molecule has 5 nitrogen and oxygen atoms in total. The lowest BCUT2D eigenvalue weighted by atomic mass is 9.99. The third kappa shape index (κ3) is 2.09. The fourth-order valence-corrected chi connectivity index (χ4v) is 2.42. The van der Waals surface area contributed by atoms with Gasteiger partial charge in [0.25, 0.3) is 0 Å². The topological polar surface area (TPSA) is 59.0 Å². The monoisotopic (exact) mass is 272 g/mol. The van der Waals surface area contributed by atoms with E-state index in [2.05, 4.69) is 4.99 Å². The Balaban J connectivity index is 1.93. The molecule has 0 saturated carbocycles. The molecule has 2 aliphatic rings. The van der Waals surface area contributed by atoms with E-state index >= 15 is 0 Å². The highest BCUT2D eigenvalue weighted by Crippen LogP contribution is 2.36. The molecule has 0 radical (unpaired) electrons. The molecular weight excluding hydrogens is 256 g/mol. The molecule has 5 heteroatoms. The molecule has 0 bridgehead atoms. The van der Waals surface area contributed by atoms with Gasteiger partial charge >= 0.3 is 0 Å². The molecule has 0 spiro atoms. The molecule has 0 N–H and O–H groups in total. The Labute approximate surface area is 117 Å². The number of likely N-dealkylation sites (tertiary alicyclic amines) is 1. The molecule has 1 aromatic carbocycles. The Morgan fingerprint density at radius 2 is 1.85 bits per heavy atom. The van der Waals surface area contributed by atoms with Gasteiger partial charge in [-0.25, -0.2) is 4.99 Å². The maximum Gasteiger partial charge on any atom is 0.230 e. The van der Waals surface area contributed by atoms with Crippen LogP contribution in [0, 0.1) is 0 Å². The van der Waals surface area contributed by atoms with Crippen molar-refractivity contribution >= 4 is 23.2 Å². The van der Waals surface area contributed by atoms with Crippen LogP contribution in [0.4, 0.5) is 5.69 Å². The van der Waals surface area contributed by atoms with Crippen molar-refractivity contribution in [1.82, 2.24) is 4.90 Å². The van der Waals surface area contributed by atoms with Gasteiger partial charge in [0, 0.05) is 12.8 Å². The van der Waals surface area contributed by atoms with E-state index in [9.17, 15) is 9.59 Å². The number of carbonyl (C=O) groups is 2. The molecule has 1 fully saturated rings. The van der Waals surface area contributed by atoms with Crippen LogP contribution in [0.1, 0.15) is 26.7 Å². The molecule has 2 amide bonds. The minimum absolute atomic E-state index is 0.132. The van der Waals surface area contributed by atoms with Crippen molar-refractivity contribution < 1.29 is 14.3 Å². The van der Waals surface area contributed by atoms with Gasteiger partial charge in [-0.05, 0) is 26.0 Å². The number of aliphatic imine (C=N–C) groups is 1. The van der Waals surface area contributed by atoms with Gasteiger partial charge in [-0.3, -0.25) is 14.5 Å². The molecule has 1 aromatic rings. The standard InChI is InChI=1S/C15H16N2O3/c1-15(2)12(9-17-13(18)7-8-14(17)19)16-10-5-3-4-6-11(10)20-15/h3-6H,7-9H2,1-2H3. The first-order valence-electron chi connectivity index (χ1n) is 6.67. The quantitative estimate of drug-likeness (QED) is 0.774. The number of amides is 2. The largest absolute Gasteiger partial charge is 0.480 e. The summed E-state index contributed by atoms with van der Waals surface area (Å²) < 4.78 is 5.93. The summed E-state index contributed by atoms with van der Waals surface area (Å²) in [7, 11) is 0. The fraction of sp³-hybridized carbons (Fsp3) is 0.400. The van der Waals surface area contributed by atoms with Crippen LogP contribution in [0.2, 0.25) is 0 Å². The number of para-hydroxylation sites is 2. The van der Waals surface area contributed by atoms with Crippen LogP contribution in [0.3, 0.4) is 0 Å². The van der Waals surface area contributed by atoms with Crippen molar-refractivity contribution in [3.8, 4) is 5.75 Å². The first-order chi connectivity index (χ1) is 9.47. The Bertz CT molecular complexity index is 603. The van der Waals surface area contributed by atoms with Crippen molar-refractivity contribution in [2.75, 3.05) is 6.54 Å². The highest BCUT2D eigenvalue weighted by atomic mass is 16.5. The Morgan fingerprint density at radius 1 is 1.20 bits per heavy atom. The molecule has 3 rings (SSSR count). The van der Waals surface area contributed by atoms with E-state index in [4.69, 9.17) is 4.74 Å². The van der Waals surface area contributed by atoms with E-state index in [1.807, 2.05) is 38.1 Å². The molecule has 0 atom stereocenters. The van der Waals surface area contributed by atoms with Gasteiger partial charge in [-0.1, -0.05) is 12.1 Å². The fourth-order valence-electron chi connectivity index (χ4n) is 2.42. The predicted octanol–water partition coefficient (Wildman–Crippen LogP) is 2.08. The van der Waals surface area contributed by atoms with Crippen LogP contribution in [0.5, 0.6) is 5.75 Å². The first-order valence-corrected chi connectivity index (χ1v) is 6.67. The second kappa shape index (κ2) is 4.44. The molecule has 0 aliphatic carbocycles. The highest BCUT2D eigenvalue weighted by Gasteiger charge is 2.37. The summed E-state index contributed by atoms with van der Waals surface area (Å²) in [6.45, 7) is 4.00. The molecule has 2 aliphatic heterocycles. The van der Waals surface area contributed by atoms with E-state index in [0.717, 1.165) is 11.4 Å². The van der Waals surface area contributed by atoms with Crippen molar-refractivity contribution in [3.05, 3.63) is 24.3 Å². The number of fused-ring (bicyclic) bond motifs is 1. The average Bonchev–Trinajstić information content (AvgIpc) is 2.70. The number of rotatable bonds is 2. The lowest BCUT2D eigenvalue weighted by molar-refractivity contribution is -0.137. The summed E-state index contributed by atoms with van der Waals surface area (Å²) in [4.78, 5) is 29.3. The number of hydrogen-bond donors (Lipinski definition) is 0. The van der Waals surface area contributed by atoms with Gasteiger partial charge in [0.05, 0.1) is 12.3 Å². The smallest absolute Gasteiger partial charge is 0.230 e. The minimum atomic E-state index is -0.627. The molecule has 20 heavy (non-hydrogen) atoms. The van der Waals surface area contributed by atoms with E-state index in [1.54, 1.807) is 0 Å². The summed E-state index contributed by atoms with van der Waals surface area (Å²) >= 11 is 0. The summed E-state index contributed by atoms with van der Waals surface area (Å²) in [5.74, 6) is 0.458. The molecule has 104 valence electrons. The zero-order valence-corrected chi connectivity index (χ0v) is 11.5. The van der Waals surface area contributed by atoms with Crippen LogP contribution in [0.15, 0.2) is 29.3 Å². The maximum atomic E-state index is 11.7. The Kier molecular flexibility index (Phi) is 2.85. The van der Waals surface area contributed by atoms with E-state index in [0.29, 0.717) is 18.6 Å². The van der Waals surface area contributed by atoms with E-state index in [-0.39, 0.29) is 18.4 Å². The third-order valence-electron chi connectivity index (χ3n) is 3.64. The molecule has 1 saturated heterocycles. The molecule has 0 aromatic heterocycles. The zero-order chi connectivity index (χ0) is 14.3. The number of hydrogen-bond acceptors (Lipinski definition) is 4. The first kappa shape index (κ1) is 12.8. The van der Waals surface area contributed by atoms with Gasteiger partial charge in [-0.15, -0.1) is 0 Å². The van der Waals surface area contributed by atoms with Crippen LogP contribution in [-0.4, -0.2) is 34.6 Å². The minimum Gasteiger partial charge on any atom is -0.480 e. The van der Waals surface area contributed by atoms with E-state index in [1.165, 1.54) is 4.90 Å². The van der Waals surface area contributed by atoms with Crippen LogP contribution in [0.25, 0.3) is 0 Å². The summed E-state index contributed by atoms with van der Waals surface area (Å²) in [5, 5.41) is 0. The van der Waals surface area contributed by atoms with Crippen molar-refractivity contribution in [2.45, 2.75) is 32.3 Å². The van der Waals surface area contributed by atoms with Gasteiger partial charge in [0.1, 0.15) is 17.0 Å². The van der Waals surface area contributed by atoms with Crippen LogP contribution < -0.4 is 4.74 Å². The van der Waals surface area contributed by atoms with Gasteiger partial charge in [0.15, 0.2) is 0 Å². The van der Waals surface area contributed by atoms with Gasteiger partial charge in [0.2, 0.25) is 11.8 Å². The molecule has 2 heterocycles.